The molecule has 1 aromatic carbocycles. The second-order valence-corrected chi connectivity index (χ2v) is 3.98. The molecule has 0 saturated heterocycles. The van der Waals surface area contributed by atoms with E-state index in [1.807, 2.05) is 12.1 Å². The van der Waals surface area contributed by atoms with Crippen molar-refractivity contribution in [1.29, 1.82) is 0 Å². The van der Waals surface area contributed by atoms with Crippen molar-refractivity contribution in [2.75, 3.05) is 0 Å². The fraction of sp³-hybridized carbons (Fsp3) is 0.273. The van der Waals surface area contributed by atoms with Crippen molar-refractivity contribution in [3.8, 4) is 0 Å². The van der Waals surface area contributed by atoms with E-state index in [2.05, 4.69) is 4.72 Å². The third kappa shape index (κ3) is 4.16. The topological polar surface area (TPSA) is 46.2 Å². The Bertz CT molecular complexity index is 359. The number of hydrogen-bond acceptors (Lipinski definition) is 3. The maximum atomic E-state index is 11.0. The molecule has 0 atom stereocenters. The summed E-state index contributed by atoms with van der Waals surface area (Å²) in [6.45, 7) is 3.02. The van der Waals surface area contributed by atoms with Crippen molar-refractivity contribution in [3.05, 3.63) is 35.4 Å². The number of rotatable bonds is 4. The van der Waals surface area contributed by atoms with Gasteiger partial charge in [0.25, 0.3) is 0 Å². The van der Waals surface area contributed by atoms with Crippen LogP contribution in [0.1, 0.15) is 29.8 Å². The maximum absolute atomic E-state index is 11.0. The van der Waals surface area contributed by atoms with Crippen molar-refractivity contribution in [2.24, 2.45) is 0 Å². The highest BCUT2D eigenvalue weighted by Gasteiger charge is 1.99. The summed E-state index contributed by atoms with van der Waals surface area (Å²) in [6, 6.07) is 7.38. The second-order valence-electron chi connectivity index (χ2n) is 3.20. The van der Waals surface area contributed by atoms with Gasteiger partial charge in [0.05, 0.1) is 0 Å². The first-order valence-electron chi connectivity index (χ1n) is 4.58. The smallest absolute Gasteiger partial charge is 0.226 e. The lowest BCUT2D eigenvalue weighted by atomic mass is 10.1. The summed E-state index contributed by atoms with van der Waals surface area (Å²) in [5.41, 5.74) is 1.79. The maximum Gasteiger partial charge on any atom is 0.226 e. The first-order chi connectivity index (χ1) is 7.09. The molecule has 0 bridgehead atoms. The molecule has 0 saturated carbocycles. The Morgan fingerprint density at radius 1 is 1.20 bits per heavy atom. The molecule has 0 aromatic heterocycles. The average Bonchev–Trinajstić information content (AvgIpc) is 2.18. The molecule has 0 aliphatic carbocycles. The number of carbonyl (C=O) groups is 2. The Morgan fingerprint density at radius 2 is 1.80 bits per heavy atom. The monoisotopic (exact) mass is 223 g/mol. The molecule has 1 aromatic rings. The highest BCUT2D eigenvalue weighted by molar-refractivity contribution is 7.97. The first-order valence-corrected chi connectivity index (χ1v) is 5.56. The summed E-state index contributed by atoms with van der Waals surface area (Å²) in [4.78, 5) is 21.6. The van der Waals surface area contributed by atoms with E-state index in [-0.39, 0.29) is 11.7 Å². The van der Waals surface area contributed by atoms with Gasteiger partial charge >= 0.3 is 0 Å². The Hall–Kier alpha value is -1.29. The molecule has 0 fully saturated rings. The number of hydrogen-bond donors (Lipinski definition) is 1. The molecule has 4 heteroatoms. The quantitative estimate of drug-likeness (QED) is 0.628. The molecular formula is C11H13NO2S. The molecule has 80 valence electrons. The first kappa shape index (κ1) is 11.8. The fourth-order valence-electron chi connectivity index (χ4n) is 1.06. The second kappa shape index (κ2) is 5.56. The van der Waals surface area contributed by atoms with Gasteiger partial charge in [0.1, 0.15) is 0 Å². The lowest BCUT2D eigenvalue weighted by molar-refractivity contribution is -0.117. The van der Waals surface area contributed by atoms with Gasteiger partial charge in [-0.1, -0.05) is 24.3 Å². The Kier molecular flexibility index (Phi) is 4.37. The average molecular weight is 223 g/mol. The van der Waals surface area contributed by atoms with Gasteiger partial charge in [-0.2, -0.15) is 0 Å². The van der Waals surface area contributed by atoms with Gasteiger partial charge < -0.3 is 4.72 Å². The Morgan fingerprint density at radius 3 is 2.27 bits per heavy atom. The molecule has 0 unspecified atom stereocenters. The van der Waals surface area contributed by atoms with Crippen LogP contribution in [0.5, 0.6) is 0 Å². The van der Waals surface area contributed by atoms with Gasteiger partial charge in [0, 0.05) is 18.2 Å². The largest absolute Gasteiger partial charge is 0.300 e. The predicted octanol–water partition coefficient (Wildman–Crippen LogP) is 2.17. The van der Waals surface area contributed by atoms with Crippen LogP contribution in [0.2, 0.25) is 0 Å². The summed E-state index contributed by atoms with van der Waals surface area (Å²) in [5.74, 6) is 0.717. The van der Waals surface area contributed by atoms with Crippen molar-refractivity contribution >= 4 is 23.6 Å². The van der Waals surface area contributed by atoms with Crippen LogP contribution in [0.25, 0.3) is 0 Å². The number of benzene rings is 1. The van der Waals surface area contributed by atoms with Gasteiger partial charge in [-0.25, -0.2) is 0 Å². The van der Waals surface area contributed by atoms with Crippen molar-refractivity contribution in [1.82, 2.24) is 4.72 Å². The lowest BCUT2D eigenvalue weighted by Gasteiger charge is -2.02. The molecule has 1 rings (SSSR count). The highest BCUT2D eigenvalue weighted by atomic mass is 32.2. The van der Waals surface area contributed by atoms with Gasteiger partial charge in [0.2, 0.25) is 5.91 Å². The van der Waals surface area contributed by atoms with E-state index in [9.17, 15) is 9.59 Å². The van der Waals surface area contributed by atoms with Crippen LogP contribution in [0.3, 0.4) is 0 Å². The van der Waals surface area contributed by atoms with Crippen molar-refractivity contribution in [3.63, 3.8) is 0 Å². The van der Waals surface area contributed by atoms with Crippen LogP contribution in [0.4, 0.5) is 0 Å². The molecular weight excluding hydrogens is 210 g/mol. The van der Waals surface area contributed by atoms with Crippen LogP contribution < -0.4 is 4.72 Å². The molecule has 0 spiro atoms. The van der Waals surface area contributed by atoms with Crippen LogP contribution in [-0.4, -0.2) is 11.7 Å². The SMILES string of the molecule is CC(=O)NSCc1ccc(C(C)=O)cc1. The third-order valence-corrected chi connectivity index (χ3v) is 2.72. The minimum atomic E-state index is -0.0552. The number of amides is 1. The van der Waals surface area contributed by atoms with Crippen LogP contribution >= 0.6 is 11.9 Å². The van der Waals surface area contributed by atoms with Gasteiger partial charge in [-0.15, -0.1) is 0 Å². The van der Waals surface area contributed by atoms with Gasteiger partial charge in [-0.3, -0.25) is 9.59 Å². The molecule has 0 aliphatic rings. The van der Waals surface area contributed by atoms with E-state index >= 15 is 0 Å². The highest BCUT2D eigenvalue weighted by Crippen LogP contribution is 2.10. The zero-order chi connectivity index (χ0) is 11.3. The predicted molar refractivity (Wildman–Crippen MR) is 61.6 cm³/mol. The van der Waals surface area contributed by atoms with E-state index in [4.69, 9.17) is 0 Å². The molecule has 0 heterocycles. The third-order valence-electron chi connectivity index (χ3n) is 1.82. The molecule has 1 amide bonds. The molecule has 0 aliphatic heterocycles. The van der Waals surface area contributed by atoms with Crippen LogP contribution in [-0.2, 0) is 10.5 Å². The van der Waals surface area contributed by atoms with Crippen LogP contribution in [0.15, 0.2) is 24.3 Å². The van der Waals surface area contributed by atoms with Crippen LogP contribution in [0, 0.1) is 0 Å². The zero-order valence-corrected chi connectivity index (χ0v) is 9.56. The summed E-state index contributed by atoms with van der Waals surface area (Å²) < 4.78 is 2.64. The fourth-order valence-corrected chi connectivity index (χ4v) is 1.69. The zero-order valence-electron chi connectivity index (χ0n) is 8.74. The Labute approximate surface area is 93.4 Å². The van der Waals surface area contributed by atoms with E-state index in [0.717, 1.165) is 5.56 Å². The van der Waals surface area contributed by atoms with E-state index in [1.54, 1.807) is 19.1 Å². The number of ketones is 1. The molecule has 3 nitrogen and oxygen atoms in total. The van der Waals surface area contributed by atoms with E-state index in [1.165, 1.54) is 18.9 Å². The standard InChI is InChI=1S/C11H13NO2S/c1-8(13)11-5-3-10(4-6-11)7-15-12-9(2)14/h3-6H,7H2,1-2H3,(H,12,14). The summed E-state index contributed by atoms with van der Waals surface area (Å²) in [7, 11) is 0. The van der Waals surface area contributed by atoms with Crippen molar-refractivity contribution < 1.29 is 9.59 Å². The normalized spacial score (nSPS) is 9.73. The minimum absolute atomic E-state index is 0.0552. The van der Waals surface area contributed by atoms with E-state index in [0.29, 0.717) is 11.3 Å². The molecule has 15 heavy (non-hydrogen) atoms. The van der Waals surface area contributed by atoms with Gasteiger partial charge in [0.15, 0.2) is 5.78 Å². The Balaban J connectivity index is 2.50. The molecule has 1 N–H and O–H groups in total. The number of Topliss-reactive ketones (excluding diaryl/α,β-unsaturated/α-hetero) is 1. The summed E-state index contributed by atoms with van der Waals surface area (Å²) >= 11 is 1.34. The van der Waals surface area contributed by atoms with E-state index < -0.39 is 0 Å². The number of carbonyl (C=O) groups excluding carboxylic acids is 2. The summed E-state index contributed by atoms with van der Waals surface area (Å²) in [5, 5.41) is 0. The summed E-state index contributed by atoms with van der Waals surface area (Å²) in [6.07, 6.45) is 0. The number of nitrogens with one attached hydrogen (secondary N) is 1. The van der Waals surface area contributed by atoms with Gasteiger partial charge in [-0.05, 0) is 24.4 Å². The minimum Gasteiger partial charge on any atom is -0.300 e. The van der Waals surface area contributed by atoms with Crippen molar-refractivity contribution in [2.45, 2.75) is 19.6 Å². The lowest BCUT2D eigenvalue weighted by Crippen LogP contribution is -2.10. The molecule has 0 radical (unpaired) electrons.